The fraction of sp³-hybridized carbons (Fsp3) is 0.455. The predicted octanol–water partition coefficient (Wildman–Crippen LogP) is 0.137. The van der Waals surface area contributed by atoms with Crippen LogP contribution in [0, 0.1) is 0 Å². The molecule has 1 aromatic heterocycles. The number of amides is 2. The number of aromatic carboxylic acids is 1. The molecule has 0 aliphatic rings. The molecular weight excluding hydrogens is 268 g/mol. The number of nitrogens with one attached hydrogen (secondary N) is 2. The van der Waals surface area contributed by atoms with E-state index in [0.29, 0.717) is 0 Å². The van der Waals surface area contributed by atoms with E-state index in [9.17, 15) is 14.4 Å². The molecule has 9 nitrogen and oxygen atoms in total. The zero-order valence-corrected chi connectivity index (χ0v) is 11.3. The zero-order valence-electron chi connectivity index (χ0n) is 11.3. The minimum Gasteiger partial charge on any atom is -0.478 e. The number of carboxylic acid groups (broad SMARTS) is 1. The van der Waals surface area contributed by atoms with Crippen LogP contribution in [0.5, 0.6) is 0 Å². The van der Waals surface area contributed by atoms with Gasteiger partial charge in [-0.1, -0.05) is 0 Å². The molecule has 0 aliphatic heterocycles. The van der Waals surface area contributed by atoms with Crippen LogP contribution in [-0.4, -0.2) is 38.5 Å². The van der Waals surface area contributed by atoms with Gasteiger partial charge in [-0.2, -0.15) is 5.10 Å². The van der Waals surface area contributed by atoms with Crippen molar-refractivity contribution in [3.8, 4) is 0 Å². The van der Waals surface area contributed by atoms with Crippen LogP contribution in [0.15, 0.2) is 12.4 Å². The summed E-state index contributed by atoms with van der Waals surface area (Å²) >= 11 is 0. The molecule has 0 fully saturated rings. The van der Waals surface area contributed by atoms with Crippen LogP contribution < -0.4 is 10.9 Å². The molecule has 0 atom stereocenters. The Morgan fingerprint density at radius 2 is 2.00 bits per heavy atom. The SMILES string of the molecule is CC(C)(C)OC(=O)NNC(=O)Cn1cc(C(=O)O)cn1. The second-order valence-electron chi connectivity index (χ2n) is 4.91. The summed E-state index contributed by atoms with van der Waals surface area (Å²) in [7, 11) is 0. The first-order valence-electron chi connectivity index (χ1n) is 5.71. The number of carboxylic acids is 1. The Bertz CT molecular complexity index is 517. The minimum atomic E-state index is -1.14. The molecule has 2 amide bonds. The molecule has 0 spiro atoms. The predicted molar refractivity (Wildman–Crippen MR) is 66.7 cm³/mol. The lowest BCUT2D eigenvalue weighted by atomic mass is 10.2. The van der Waals surface area contributed by atoms with E-state index in [1.54, 1.807) is 20.8 Å². The third-order valence-electron chi connectivity index (χ3n) is 1.89. The van der Waals surface area contributed by atoms with Gasteiger partial charge in [0.05, 0.1) is 11.8 Å². The highest BCUT2D eigenvalue weighted by Gasteiger charge is 2.16. The van der Waals surface area contributed by atoms with E-state index >= 15 is 0 Å². The Hall–Kier alpha value is -2.58. The van der Waals surface area contributed by atoms with E-state index < -0.39 is 23.6 Å². The number of aromatic nitrogens is 2. The van der Waals surface area contributed by atoms with Gasteiger partial charge < -0.3 is 9.84 Å². The molecule has 3 N–H and O–H groups in total. The Labute approximate surface area is 114 Å². The Kier molecular flexibility index (Phi) is 4.68. The monoisotopic (exact) mass is 284 g/mol. The van der Waals surface area contributed by atoms with Crippen molar-refractivity contribution in [2.45, 2.75) is 32.9 Å². The second kappa shape index (κ2) is 6.04. The van der Waals surface area contributed by atoms with Crippen LogP contribution in [-0.2, 0) is 16.1 Å². The third kappa shape index (κ3) is 5.38. The van der Waals surface area contributed by atoms with Crippen molar-refractivity contribution in [1.82, 2.24) is 20.6 Å². The third-order valence-corrected chi connectivity index (χ3v) is 1.89. The van der Waals surface area contributed by atoms with Gasteiger partial charge in [0.1, 0.15) is 12.1 Å². The van der Waals surface area contributed by atoms with Gasteiger partial charge in [-0.05, 0) is 20.8 Å². The van der Waals surface area contributed by atoms with Gasteiger partial charge >= 0.3 is 12.1 Å². The molecule has 20 heavy (non-hydrogen) atoms. The standard InChI is InChI=1S/C11H16N4O5/c1-11(2,3)20-10(19)14-13-8(16)6-15-5-7(4-12-15)9(17)18/h4-5H,6H2,1-3H3,(H,13,16)(H,14,19)(H,17,18). The van der Waals surface area contributed by atoms with Crippen molar-refractivity contribution in [3.63, 3.8) is 0 Å². The lowest BCUT2D eigenvalue weighted by Crippen LogP contribution is -2.45. The van der Waals surface area contributed by atoms with E-state index in [2.05, 4.69) is 16.0 Å². The largest absolute Gasteiger partial charge is 0.478 e. The summed E-state index contributed by atoms with van der Waals surface area (Å²) in [6.07, 6.45) is 1.53. The molecule has 0 saturated carbocycles. The van der Waals surface area contributed by atoms with Crippen molar-refractivity contribution in [2.24, 2.45) is 0 Å². The van der Waals surface area contributed by atoms with Crippen LogP contribution in [0.4, 0.5) is 4.79 Å². The highest BCUT2D eigenvalue weighted by atomic mass is 16.6. The summed E-state index contributed by atoms with van der Waals surface area (Å²) < 4.78 is 6.04. The van der Waals surface area contributed by atoms with Gasteiger partial charge in [-0.3, -0.25) is 14.9 Å². The molecule has 1 aromatic rings. The normalized spacial score (nSPS) is 10.8. The molecule has 110 valence electrons. The summed E-state index contributed by atoms with van der Waals surface area (Å²) in [6.45, 7) is 4.83. The van der Waals surface area contributed by atoms with Crippen LogP contribution >= 0.6 is 0 Å². The van der Waals surface area contributed by atoms with E-state index in [4.69, 9.17) is 9.84 Å². The molecule has 0 bridgehead atoms. The Morgan fingerprint density at radius 1 is 1.35 bits per heavy atom. The Balaban J connectivity index is 2.40. The highest BCUT2D eigenvalue weighted by molar-refractivity contribution is 5.87. The summed E-state index contributed by atoms with van der Waals surface area (Å²) in [4.78, 5) is 33.4. The molecule has 1 heterocycles. The molecule has 0 aromatic carbocycles. The summed E-state index contributed by atoms with van der Waals surface area (Å²) in [6, 6.07) is 0. The lowest BCUT2D eigenvalue weighted by Gasteiger charge is -2.19. The zero-order chi connectivity index (χ0) is 15.3. The molecular formula is C11H16N4O5. The summed E-state index contributed by atoms with van der Waals surface area (Å²) in [5.74, 6) is -1.71. The number of hydrogen-bond acceptors (Lipinski definition) is 5. The van der Waals surface area contributed by atoms with Crippen LogP contribution in [0.1, 0.15) is 31.1 Å². The van der Waals surface area contributed by atoms with Crippen LogP contribution in [0.25, 0.3) is 0 Å². The first-order valence-corrected chi connectivity index (χ1v) is 5.71. The van der Waals surface area contributed by atoms with Crippen molar-refractivity contribution < 1.29 is 24.2 Å². The topological polar surface area (TPSA) is 123 Å². The quantitative estimate of drug-likeness (QED) is 0.678. The van der Waals surface area contributed by atoms with Crippen molar-refractivity contribution in [2.75, 3.05) is 0 Å². The minimum absolute atomic E-state index is 0.0297. The number of rotatable bonds is 3. The first kappa shape index (κ1) is 15.5. The number of ether oxygens (including phenoxy) is 1. The molecule has 9 heteroatoms. The molecule has 0 unspecified atom stereocenters. The average molecular weight is 284 g/mol. The highest BCUT2D eigenvalue weighted by Crippen LogP contribution is 2.05. The summed E-state index contributed by atoms with van der Waals surface area (Å²) in [5.41, 5.74) is 3.49. The first-order chi connectivity index (χ1) is 9.17. The van der Waals surface area contributed by atoms with E-state index in [0.717, 1.165) is 10.9 Å². The van der Waals surface area contributed by atoms with Crippen molar-refractivity contribution in [3.05, 3.63) is 18.0 Å². The van der Waals surface area contributed by atoms with E-state index in [1.807, 2.05) is 0 Å². The van der Waals surface area contributed by atoms with Gasteiger partial charge in [-0.15, -0.1) is 0 Å². The second-order valence-corrected chi connectivity index (χ2v) is 4.91. The van der Waals surface area contributed by atoms with Gasteiger partial charge in [0, 0.05) is 6.20 Å². The van der Waals surface area contributed by atoms with Gasteiger partial charge in [0.2, 0.25) is 0 Å². The molecule has 0 saturated heterocycles. The summed E-state index contributed by atoms with van der Waals surface area (Å²) in [5, 5.41) is 12.4. The maximum atomic E-state index is 11.5. The average Bonchev–Trinajstić information content (AvgIpc) is 2.72. The smallest absolute Gasteiger partial charge is 0.426 e. The molecule has 0 aliphatic carbocycles. The maximum absolute atomic E-state index is 11.5. The van der Waals surface area contributed by atoms with Crippen molar-refractivity contribution >= 4 is 18.0 Å². The molecule has 1 rings (SSSR count). The Morgan fingerprint density at radius 3 is 2.50 bits per heavy atom. The number of carbonyl (C=O) groups is 3. The van der Waals surface area contributed by atoms with Crippen LogP contribution in [0.3, 0.4) is 0 Å². The fourth-order valence-corrected chi connectivity index (χ4v) is 1.17. The van der Waals surface area contributed by atoms with Gasteiger partial charge in [-0.25, -0.2) is 15.0 Å². The fourth-order valence-electron chi connectivity index (χ4n) is 1.17. The van der Waals surface area contributed by atoms with Gasteiger partial charge in [0.25, 0.3) is 5.91 Å². The van der Waals surface area contributed by atoms with E-state index in [-0.39, 0.29) is 12.1 Å². The lowest BCUT2D eigenvalue weighted by molar-refractivity contribution is -0.122. The number of nitrogens with zero attached hydrogens (tertiary/aromatic N) is 2. The maximum Gasteiger partial charge on any atom is 0.426 e. The van der Waals surface area contributed by atoms with E-state index in [1.165, 1.54) is 6.20 Å². The van der Waals surface area contributed by atoms with Crippen LogP contribution in [0.2, 0.25) is 0 Å². The molecule has 0 radical (unpaired) electrons. The van der Waals surface area contributed by atoms with Crippen molar-refractivity contribution in [1.29, 1.82) is 0 Å². The number of carbonyl (C=O) groups excluding carboxylic acids is 2. The van der Waals surface area contributed by atoms with Gasteiger partial charge in [0.15, 0.2) is 0 Å². The number of hydrogen-bond donors (Lipinski definition) is 3. The number of hydrazine groups is 1.